The Hall–Kier alpha value is -2.04. The van der Waals surface area contributed by atoms with E-state index < -0.39 is 0 Å². The molecule has 1 aromatic rings. The van der Waals surface area contributed by atoms with Gasteiger partial charge in [0.15, 0.2) is 0 Å². The highest BCUT2D eigenvalue weighted by atomic mass is 16.5. The van der Waals surface area contributed by atoms with E-state index in [1.165, 1.54) is 5.56 Å². The Labute approximate surface area is 151 Å². The van der Waals surface area contributed by atoms with E-state index in [0.717, 1.165) is 50.6 Å². The molecule has 4 heteroatoms. The SMILES string of the molecule is C=C/C(=C\C=C(\N)CC)N1CC2OCCN(Cc3ccccc3)C2C1. The van der Waals surface area contributed by atoms with Crippen molar-refractivity contribution in [2.45, 2.75) is 32.0 Å². The molecule has 3 rings (SSSR count). The van der Waals surface area contributed by atoms with Gasteiger partial charge in [-0.05, 0) is 30.2 Å². The number of likely N-dealkylation sites (tertiary alicyclic amines) is 1. The van der Waals surface area contributed by atoms with Crippen LogP contribution in [0.2, 0.25) is 0 Å². The Bertz CT molecular complexity index is 638. The molecule has 0 amide bonds. The molecule has 2 aliphatic heterocycles. The zero-order valence-electron chi connectivity index (χ0n) is 15.1. The van der Waals surface area contributed by atoms with Gasteiger partial charge in [-0.1, -0.05) is 43.8 Å². The summed E-state index contributed by atoms with van der Waals surface area (Å²) in [6.07, 6.45) is 7.10. The predicted octanol–water partition coefficient (Wildman–Crippen LogP) is 2.89. The van der Waals surface area contributed by atoms with Gasteiger partial charge >= 0.3 is 0 Å². The fourth-order valence-electron chi connectivity index (χ4n) is 3.60. The van der Waals surface area contributed by atoms with E-state index in [9.17, 15) is 0 Å². The number of ether oxygens (including phenoxy) is 1. The van der Waals surface area contributed by atoms with Crippen LogP contribution in [-0.4, -0.2) is 48.2 Å². The Morgan fingerprint density at radius 3 is 2.80 bits per heavy atom. The average Bonchev–Trinajstić information content (AvgIpc) is 3.08. The number of nitrogens with zero attached hydrogens (tertiary/aromatic N) is 2. The first-order valence-corrected chi connectivity index (χ1v) is 9.14. The topological polar surface area (TPSA) is 41.7 Å². The fourth-order valence-corrected chi connectivity index (χ4v) is 3.60. The number of benzene rings is 1. The van der Waals surface area contributed by atoms with E-state index in [0.29, 0.717) is 6.04 Å². The van der Waals surface area contributed by atoms with E-state index in [1.807, 2.05) is 12.2 Å². The Balaban J connectivity index is 1.70. The number of nitrogens with two attached hydrogens (primary N) is 1. The number of hydrogen-bond acceptors (Lipinski definition) is 4. The van der Waals surface area contributed by atoms with Crippen LogP contribution in [0.3, 0.4) is 0 Å². The third-order valence-corrected chi connectivity index (χ3v) is 5.10. The minimum Gasteiger partial charge on any atom is -0.402 e. The van der Waals surface area contributed by atoms with Crippen LogP contribution in [0, 0.1) is 0 Å². The van der Waals surface area contributed by atoms with Crippen LogP contribution in [0.4, 0.5) is 0 Å². The Kier molecular flexibility index (Phi) is 5.95. The standard InChI is InChI=1S/C21H29N3O/c1-3-18(22)10-11-19(4-2)24-15-20-21(16-24)25-13-12-23(20)14-17-8-6-5-7-9-17/h4-11,20-21H,2-3,12-16,22H2,1H3/b18-10+,19-11+. The van der Waals surface area contributed by atoms with Crippen molar-refractivity contribution in [1.29, 1.82) is 0 Å². The minimum absolute atomic E-state index is 0.258. The predicted molar refractivity (Wildman–Crippen MR) is 103 cm³/mol. The van der Waals surface area contributed by atoms with Crippen LogP contribution < -0.4 is 5.73 Å². The van der Waals surface area contributed by atoms with Crippen molar-refractivity contribution < 1.29 is 4.74 Å². The second-order valence-electron chi connectivity index (χ2n) is 6.73. The molecule has 4 nitrogen and oxygen atoms in total. The molecule has 2 unspecified atom stereocenters. The first-order chi connectivity index (χ1) is 12.2. The molecular weight excluding hydrogens is 310 g/mol. The number of rotatable bonds is 6. The number of morpholine rings is 1. The first kappa shape index (κ1) is 17.8. The zero-order chi connectivity index (χ0) is 17.6. The maximum atomic E-state index is 6.06. The summed E-state index contributed by atoms with van der Waals surface area (Å²) in [6, 6.07) is 11.1. The lowest BCUT2D eigenvalue weighted by Crippen LogP contribution is -2.50. The molecule has 2 fully saturated rings. The van der Waals surface area contributed by atoms with Crippen molar-refractivity contribution in [3.05, 3.63) is 72.1 Å². The van der Waals surface area contributed by atoms with E-state index in [1.54, 1.807) is 0 Å². The van der Waals surface area contributed by atoms with Crippen LogP contribution in [-0.2, 0) is 11.3 Å². The van der Waals surface area contributed by atoms with Gasteiger partial charge < -0.3 is 15.4 Å². The normalized spacial score (nSPS) is 25.1. The smallest absolute Gasteiger partial charge is 0.0922 e. The monoisotopic (exact) mass is 339 g/mol. The second kappa shape index (κ2) is 8.37. The Morgan fingerprint density at radius 1 is 1.28 bits per heavy atom. The number of fused-ring (bicyclic) bond motifs is 1. The summed E-state index contributed by atoms with van der Waals surface area (Å²) in [5.41, 5.74) is 9.30. The molecule has 25 heavy (non-hydrogen) atoms. The van der Waals surface area contributed by atoms with E-state index in [-0.39, 0.29) is 6.10 Å². The van der Waals surface area contributed by atoms with Gasteiger partial charge in [-0.2, -0.15) is 0 Å². The maximum absolute atomic E-state index is 6.06. The van der Waals surface area contributed by atoms with Crippen LogP contribution >= 0.6 is 0 Å². The first-order valence-electron chi connectivity index (χ1n) is 9.14. The highest BCUT2D eigenvalue weighted by molar-refractivity contribution is 5.25. The molecule has 2 saturated heterocycles. The van der Waals surface area contributed by atoms with Crippen LogP contribution in [0.1, 0.15) is 18.9 Å². The van der Waals surface area contributed by atoms with Crippen molar-refractivity contribution in [2.24, 2.45) is 5.73 Å². The minimum atomic E-state index is 0.258. The van der Waals surface area contributed by atoms with Gasteiger partial charge in [-0.15, -0.1) is 0 Å². The summed E-state index contributed by atoms with van der Waals surface area (Å²) < 4.78 is 6.06. The van der Waals surface area contributed by atoms with E-state index in [2.05, 4.69) is 59.7 Å². The van der Waals surface area contributed by atoms with Crippen molar-refractivity contribution in [3.8, 4) is 0 Å². The van der Waals surface area contributed by atoms with Crippen molar-refractivity contribution in [3.63, 3.8) is 0 Å². The molecule has 0 aromatic heterocycles. The van der Waals surface area contributed by atoms with Gasteiger partial charge in [-0.3, -0.25) is 4.90 Å². The molecule has 134 valence electrons. The van der Waals surface area contributed by atoms with Crippen LogP contribution in [0.15, 0.2) is 66.5 Å². The van der Waals surface area contributed by atoms with Gasteiger partial charge in [-0.25, -0.2) is 0 Å². The van der Waals surface area contributed by atoms with Gasteiger partial charge in [0, 0.05) is 37.6 Å². The molecule has 0 aliphatic carbocycles. The molecule has 0 saturated carbocycles. The summed E-state index contributed by atoms with van der Waals surface area (Å²) in [6.45, 7) is 10.7. The summed E-state index contributed by atoms with van der Waals surface area (Å²) in [7, 11) is 0. The number of hydrogen-bond donors (Lipinski definition) is 1. The quantitative estimate of drug-likeness (QED) is 0.809. The second-order valence-corrected chi connectivity index (χ2v) is 6.73. The molecule has 2 heterocycles. The molecule has 0 bridgehead atoms. The zero-order valence-corrected chi connectivity index (χ0v) is 15.1. The maximum Gasteiger partial charge on any atom is 0.0922 e. The Morgan fingerprint density at radius 2 is 2.08 bits per heavy atom. The average molecular weight is 339 g/mol. The van der Waals surface area contributed by atoms with Gasteiger partial charge in [0.25, 0.3) is 0 Å². The molecule has 0 spiro atoms. The molecule has 2 aliphatic rings. The lowest BCUT2D eigenvalue weighted by Gasteiger charge is -2.36. The lowest BCUT2D eigenvalue weighted by molar-refractivity contribution is -0.0503. The largest absolute Gasteiger partial charge is 0.402 e. The molecule has 2 N–H and O–H groups in total. The summed E-state index contributed by atoms with van der Waals surface area (Å²) in [5, 5.41) is 0. The highest BCUT2D eigenvalue weighted by Crippen LogP contribution is 2.27. The van der Waals surface area contributed by atoms with Crippen molar-refractivity contribution in [1.82, 2.24) is 9.80 Å². The van der Waals surface area contributed by atoms with E-state index >= 15 is 0 Å². The van der Waals surface area contributed by atoms with Crippen LogP contribution in [0.25, 0.3) is 0 Å². The molecular formula is C21H29N3O. The third-order valence-electron chi connectivity index (χ3n) is 5.10. The van der Waals surface area contributed by atoms with Crippen molar-refractivity contribution in [2.75, 3.05) is 26.2 Å². The highest BCUT2D eigenvalue weighted by Gasteiger charge is 2.40. The summed E-state index contributed by atoms with van der Waals surface area (Å²) in [5.74, 6) is 0. The summed E-state index contributed by atoms with van der Waals surface area (Å²) >= 11 is 0. The van der Waals surface area contributed by atoms with E-state index in [4.69, 9.17) is 10.5 Å². The van der Waals surface area contributed by atoms with Crippen LogP contribution in [0.5, 0.6) is 0 Å². The molecule has 0 radical (unpaired) electrons. The van der Waals surface area contributed by atoms with Gasteiger partial charge in [0.2, 0.25) is 0 Å². The fraction of sp³-hybridized carbons (Fsp3) is 0.429. The molecule has 2 atom stereocenters. The van der Waals surface area contributed by atoms with Gasteiger partial charge in [0.05, 0.1) is 18.8 Å². The lowest BCUT2D eigenvalue weighted by atomic mass is 10.1. The van der Waals surface area contributed by atoms with Crippen molar-refractivity contribution >= 4 is 0 Å². The number of allylic oxidation sites excluding steroid dienone is 4. The van der Waals surface area contributed by atoms with Gasteiger partial charge in [0.1, 0.15) is 0 Å². The third kappa shape index (κ3) is 4.33. The molecule has 1 aromatic carbocycles. The summed E-state index contributed by atoms with van der Waals surface area (Å²) in [4.78, 5) is 4.92.